The Balaban J connectivity index is 2.40. The third-order valence-electron chi connectivity index (χ3n) is 2.39. The number of ether oxygens (including phenoxy) is 1. The first-order valence-electron chi connectivity index (χ1n) is 6.22. The fraction of sp³-hybridized carbons (Fsp3) is 0.429. The van der Waals surface area contributed by atoms with E-state index in [4.69, 9.17) is 4.74 Å². The van der Waals surface area contributed by atoms with E-state index in [-0.39, 0.29) is 24.3 Å². The SMILES string of the molecule is COc1cccc(NC(=O)CNC(=O)CC(C)C)c1. The zero-order valence-electron chi connectivity index (χ0n) is 11.5. The lowest BCUT2D eigenvalue weighted by atomic mass is 10.1. The molecule has 0 fully saturated rings. The van der Waals surface area contributed by atoms with E-state index in [1.807, 2.05) is 13.8 Å². The molecule has 0 aromatic heterocycles. The number of hydrogen-bond acceptors (Lipinski definition) is 3. The zero-order valence-corrected chi connectivity index (χ0v) is 11.5. The van der Waals surface area contributed by atoms with Gasteiger partial charge in [-0.25, -0.2) is 0 Å². The maximum absolute atomic E-state index is 11.6. The third kappa shape index (κ3) is 5.90. The number of amides is 2. The van der Waals surface area contributed by atoms with E-state index in [2.05, 4.69) is 10.6 Å². The van der Waals surface area contributed by atoms with Crippen LogP contribution in [0, 0.1) is 5.92 Å². The van der Waals surface area contributed by atoms with Crippen molar-refractivity contribution in [3.05, 3.63) is 24.3 Å². The first-order valence-corrected chi connectivity index (χ1v) is 6.22. The molecule has 0 radical (unpaired) electrons. The summed E-state index contributed by atoms with van der Waals surface area (Å²) in [6, 6.07) is 7.05. The summed E-state index contributed by atoms with van der Waals surface area (Å²) < 4.78 is 5.06. The van der Waals surface area contributed by atoms with Crippen molar-refractivity contribution in [2.45, 2.75) is 20.3 Å². The molecule has 1 aromatic rings. The van der Waals surface area contributed by atoms with Gasteiger partial charge < -0.3 is 15.4 Å². The van der Waals surface area contributed by atoms with Crippen molar-refractivity contribution >= 4 is 17.5 Å². The summed E-state index contributed by atoms with van der Waals surface area (Å²) in [4.78, 5) is 23.0. The quantitative estimate of drug-likeness (QED) is 0.823. The van der Waals surface area contributed by atoms with Gasteiger partial charge in [-0.2, -0.15) is 0 Å². The molecule has 0 unspecified atom stereocenters. The van der Waals surface area contributed by atoms with Crippen molar-refractivity contribution in [1.82, 2.24) is 5.32 Å². The van der Waals surface area contributed by atoms with E-state index in [1.54, 1.807) is 31.4 Å². The molecule has 2 N–H and O–H groups in total. The molecule has 0 aliphatic heterocycles. The number of methoxy groups -OCH3 is 1. The minimum atomic E-state index is -0.259. The second-order valence-corrected chi connectivity index (χ2v) is 4.65. The van der Waals surface area contributed by atoms with Gasteiger partial charge in [-0.3, -0.25) is 9.59 Å². The molecule has 5 heteroatoms. The van der Waals surface area contributed by atoms with Gasteiger partial charge in [-0.05, 0) is 18.1 Å². The summed E-state index contributed by atoms with van der Waals surface area (Å²) in [5.74, 6) is 0.573. The molecule has 1 rings (SSSR count). The Morgan fingerprint density at radius 2 is 2.00 bits per heavy atom. The van der Waals surface area contributed by atoms with Crippen LogP contribution in [0.1, 0.15) is 20.3 Å². The molecule has 0 aliphatic carbocycles. The Morgan fingerprint density at radius 3 is 2.63 bits per heavy atom. The minimum absolute atomic E-state index is 0.0250. The van der Waals surface area contributed by atoms with Crippen LogP contribution in [0.2, 0.25) is 0 Å². The average molecular weight is 264 g/mol. The monoisotopic (exact) mass is 264 g/mol. The number of rotatable bonds is 6. The van der Waals surface area contributed by atoms with Crippen LogP contribution in [0.5, 0.6) is 5.75 Å². The van der Waals surface area contributed by atoms with Crippen molar-refractivity contribution in [2.24, 2.45) is 5.92 Å². The number of benzene rings is 1. The molecule has 19 heavy (non-hydrogen) atoms. The van der Waals surface area contributed by atoms with Crippen LogP contribution in [0.3, 0.4) is 0 Å². The molecule has 0 aliphatic rings. The van der Waals surface area contributed by atoms with E-state index in [1.165, 1.54) is 0 Å². The van der Waals surface area contributed by atoms with Crippen LogP contribution in [-0.2, 0) is 9.59 Å². The summed E-state index contributed by atoms with van der Waals surface area (Å²) in [6.07, 6.45) is 0.423. The van der Waals surface area contributed by atoms with E-state index in [0.29, 0.717) is 17.9 Å². The zero-order chi connectivity index (χ0) is 14.3. The Labute approximate surface area is 113 Å². The van der Waals surface area contributed by atoms with E-state index >= 15 is 0 Å². The summed E-state index contributed by atoms with van der Waals surface area (Å²) in [5.41, 5.74) is 0.641. The lowest BCUT2D eigenvalue weighted by Gasteiger charge is -2.09. The van der Waals surface area contributed by atoms with Gasteiger partial charge in [-0.1, -0.05) is 19.9 Å². The average Bonchev–Trinajstić information content (AvgIpc) is 2.36. The topological polar surface area (TPSA) is 67.4 Å². The molecular formula is C14H20N2O3. The first-order chi connectivity index (χ1) is 9.01. The second-order valence-electron chi connectivity index (χ2n) is 4.65. The van der Waals surface area contributed by atoms with Crippen LogP contribution in [-0.4, -0.2) is 25.5 Å². The van der Waals surface area contributed by atoms with Crippen molar-refractivity contribution in [3.8, 4) is 5.75 Å². The van der Waals surface area contributed by atoms with Gasteiger partial charge in [0, 0.05) is 18.2 Å². The van der Waals surface area contributed by atoms with Crippen LogP contribution < -0.4 is 15.4 Å². The van der Waals surface area contributed by atoms with Crippen molar-refractivity contribution < 1.29 is 14.3 Å². The van der Waals surface area contributed by atoms with Crippen LogP contribution in [0.4, 0.5) is 5.69 Å². The lowest BCUT2D eigenvalue weighted by Crippen LogP contribution is -2.33. The number of nitrogens with one attached hydrogen (secondary N) is 2. The number of carbonyl (C=O) groups is 2. The molecule has 0 spiro atoms. The third-order valence-corrected chi connectivity index (χ3v) is 2.39. The molecule has 0 saturated heterocycles. The molecular weight excluding hydrogens is 244 g/mol. The number of carbonyl (C=O) groups excluding carboxylic acids is 2. The Kier molecular flexibility index (Phi) is 5.85. The molecule has 2 amide bonds. The molecule has 0 saturated carbocycles. The van der Waals surface area contributed by atoms with E-state index in [0.717, 1.165) is 0 Å². The predicted octanol–water partition coefficient (Wildman–Crippen LogP) is 1.80. The minimum Gasteiger partial charge on any atom is -0.497 e. The maximum Gasteiger partial charge on any atom is 0.243 e. The van der Waals surface area contributed by atoms with Crippen molar-refractivity contribution in [3.63, 3.8) is 0 Å². The maximum atomic E-state index is 11.6. The molecule has 104 valence electrons. The lowest BCUT2D eigenvalue weighted by molar-refractivity contribution is -0.124. The number of anilines is 1. The highest BCUT2D eigenvalue weighted by Crippen LogP contribution is 2.16. The fourth-order valence-electron chi connectivity index (χ4n) is 1.53. The second kappa shape index (κ2) is 7.41. The van der Waals surface area contributed by atoms with E-state index in [9.17, 15) is 9.59 Å². The van der Waals surface area contributed by atoms with Gasteiger partial charge in [0.15, 0.2) is 0 Å². The van der Waals surface area contributed by atoms with E-state index < -0.39 is 0 Å². The van der Waals surface area contributed by atoms with Gasteiger partial charge in [0.1, 0.15) is 5.75 Å². The highest BCUT2D eigenvalue weighted by Gasteiger charge is 2.07. The van der Waals surface area contributed by atoms with Gasteiger partial charge in [0.25, 0.3) is 0 Å². The van der Waals surface area contributed by atoms with Crippen LogP contribution in [0.15, 0.2) is 24.3 Å². The molecule has 5 nitrogen and oxygen atoms in total. The Morgan fingerprint density at radius 1 is 1.26 bits per heavy atom. The van der Waals surface area contributed by atoms with Crippen LogP contribution in [0.25, 0.3) is 0 Å². The van der Waals surface area contributed by atoms with Gasteiger partial charge in [0.2, 0.25) is 11.8 Å². The summed E-state index contributed by atoms with van der Waals surface area (Å²) in [5, 5.41) is 5.27. The van der Waals surface area contributed by atoms with Crippen LogP contribution >= 0.6 is 0 Å². The van der Waals surface area contributed by atoms with Gasteiger partial charge >= 0.3 is 0 Å². The largest absolute Gasteiger partial charge is 0.497 e. The fourth-order valence-corrected chi connectivity index (χ4v) is 1.53. The van der Waals surface area contributed by atoms with Gasteiger partial charge in [-0.15, -0.1) is 0 Å². The highest BCUT2D eigenvalue weighted by molar-refractivity contribution is 5.94. The Hall–Kier alpha value is -2.04. The molecule has 0 heterocycles. The molecule has 1 aromatic carbocycles. The standard InChI is InChI=1S/C14H20N2O3/c1-10(2)7-13(17)15-9-14(18)16-11-5-4-6-12(8-11)19-3/h4-6,8,10H,7,9H2,1-3H3,(H,15,17)(H,16,18). The Bertz CT molecular complexity index is 444. The first kappa shape index (κ1) is 15.0. The molecule has 0 bridgehead atoms. The predicted molar refractivity (Wildman–Crippen MR) is 74.1 cm³/mol. The van der Waals surface area contributed by atoms with Crippen molar-refractivity contribution in [1.29, 1.82) is 0 Å². The smallest absolute Gasteiger partial charge is 0.243 e. The molecule has 0 atom stereocenters. The summed E-state index contributed by atoms with van der Waals surface area (Å²) >= 11 is 0. The number of hydrogen-bond donors (Lipinski definition) is 2. The normalized spacial score (nSPS) is 10.1. The summed E-state index contributed by atoms with van der Waals surface area (Å²) in [7, 11) is 1.56. The van der Waals surface area contributed by atoms with Crippen molar-refractivity contribution in [2.75, 3.05) is 19.0 Å². The van der Waals surface area contributed by atoms with Gasteiger partial charge in [0.05, 0.1) is 13.7 Å². The summed E-state index contributed by atoms with van der Waals surface area (Å²) in [6.45, 7) is 3.88. The highest BCUT2D eigenvalue weighted by atomic mass is 16.5.